The van der Waals surface area contributed by atoms with Crippen molar-refractivity contribution in [1.29, 1.82) is 0 Å². The van der Waals surface area contributed by atoms with E-state index in [9.17, 15) is 5.11 Å². The van der Waals surface area contributed by atoms with Crippen LogP contribution in [0.1, 0.15) is 18.5 Å². The van der Waals surface area contributed by atoms with Crippen molar-refractivity contribution in [2.45, 2.75) is 19.1 Å². The maximum atomic E-state index is 9.96. The van der Waals surface area contributed by atoms with E-state index in [1.807, 2.05) is 25.1 Å². The first kappa shape index (κ1) is 11.6. The van der Waals surface area contributed by atoms with Gasteiger partial charge >= 0.3 is 0 Å². The number of rotatable bonds is 3. The molecule has 1 aromatic carbocycles. The molecule has 3 nitrogen and oxygen atoms in total. The fraction of sp³-hybridized carbons (Fsp3) is 0.538. The van der Waals surface area contributed by atoms with Gasteiger partial charge < -0.3 is 10.4 Å². The Morgan fingerprint density at radius 3 is 2.38 bits per heavy atom. The van der Waals surface area contributed by atoms with Gasteiger partial charge in [-0.1, -0.05) is 30.3 Å². The first-order chi connectivity index (χ1) is 7.79. The van der Waals surface area contributed by atoms with E-state index in [1.54, 1.807) is 0 Å². The number of nitrogens with one attached hydrogen (secondary N) is 1. The first-order valence-electron chi connectivity index (χ1n) is 5.97. The summed E-state index contributed by atoms with van der Waals surface area (Å²) < 4.78 is 0. The molecule has 1 fully saturated rings. The molecule has 0 bridgehead atoms. The third kappa shape index (κ3) is 2.61. The molecule has 3 heteroatoms. The second-order valence-electron chi connectivity index (χ2n) is 4.38. The van der Waals surface area contributed by atoms with Crippen LogP contribution >= 0.6 is 0 Å². The number of hydrogen-bond acceptors (Lipinski definition) is 3. The van der Waals surface area contributed by atoms with Gasteiger partial charge in [-0.3, -0.25) is 4.90 Å². The fourth-order valence-corrected chi connectivity index (χ4v) is 2.40. The second kappa shape index (κ2) is 5.43. The van der Waals surface area contributed by atoms with Crippen molar-refractivity contribution in [1.82, 2.24) is 10.2 Å². The standard InChI is InChI=1S/C13H20N2O/c1-11(16)13(12-5-3-2-4-6-12)15-9-7-14-8-10-15/h2-6,11,13-14,16H,7-10H2,1H3/t11?,13-/m0/s1. The molecule has 2 N–H and O–H groups in total. The maximum Gasteiger partial charge on any atom is 0.0708 e. The summed E-state index contributed by atoms with van der Waals surface area (Å²) in [5.41, 5.74) is 1.21. The van der Waals surface area contributed by atoms with E-state index in [0.29, 0.717) is 0 Å². The SMILES string of the molecule is CC(O)[C@@H](c1ccccc1)N1CCNCC1. The summed E-state index contributed by atoms with van der Waals surface area (Å²) in [6.45, 7) is 5.90. The summed E-state index contributed by atoms with van der Waals surface area (Å²) in [5.74, 6) is 0. The van der Waals surface area contributed by atoms with Gasteiger partial charge in [-0.25, -0.2) is 0 Å². The molecule has 0 saturated carbocycles. The van der Waals surface area contributed by atoms with Gasteiger partial charge in [-0.15, -0.1) is 0 Å². The molecule has 0 spiro atoms. The summed E-state index contributed by atoms with van der Waals surface area (Å²) in [6, 6.07) is 10.4. The summed E-state index contributed by atoms with van der Waals surface area (Å²) in [5, 5.41) is 13.3. The van der Waals surface area contributed by atoms with Crippen LogP contribution in [0.25, 0.3) is 0 Å². The van der Waals surface area contributed by atoms with Gasteiger partial charge in [0, 0.05) is 26.2 Å². The van der Waals surface area contributed by atoms with Crippen molar-refractivity contribution >= 4 is 0 Å². The van der Waals surface area contributed by atoms with Gasteiger partial charge in [-0.2, -0.15) is 0 Å². The zero-order valence-corrected chi connectivity index (χ0v) is 9.76. The van der Waals surface area contributed by atoms with E-state index in [4.69, 9.17) is 0 Å². The van der Waals surface area contributed by atoms with Crippen LogP contribution in [-0.2, 0) is 0 Å². The van der Waals surface area contributed by atoms with E-state index >= 15 is 0 Å². The van der Waals surface area contributed by atoms with Crippen LogP contribution in [0.2, 0.25) is 0 Å². The van der Waals surface area contributed by atoms with Crippen molar-refractivity contribution < 1.29 is 5.11 Å². The van der Waals surface area contributed by atoms with Gasteiger partial charge in [0.05, 0.1) is 12.1 Å². The maximum absolute atomic E-state index is 9.96. The van der Waals surface area contributed by atoms with Crippen molar-refractivity contribution in [2.75, 3.05) is 26.2 Å². The average Bonchev–Trinajstić information content (AvgIpc) is 2.31. The van der Waals surface area contributed by atoms with E-state index in [1.165, 1.54) is 5.56 Å². The highest BCUT2D eigenvalue weighted by Crippen LogP contribution is 2.24. The summed E-state index contributed by atoms with van der Waals surface area (Å²) in [4.78, 5) is 2.36. The fourth-order valence-electron chi connectivity index (χ4n) is 2.40. The second-order valence-corrected chi connectivity index (χ2v) is 4.38. The third-order valence-electron chi connectivity index (χ3n) is 3.14. The number of hydrogen-bond donors (Lipinski definition) is 2. The quantitative estimate of drug-likeness (QED) is 0.798. The van der Waals surface area contributed by atoms with E-state index in [-0.39, 0.29) is 12.1 Å². The highest BCUT2D eigenvalue weighted by atomic mass is 16.3. The molecule has 0 aromatic heterocycles. The Labute approximate surface area is 97.1 Å². The van der Waals surface area contributed by atoms with Crippen LogP contribution in [0.3, 0.4) is 0 Å². The van der Waals surface area contributed by atoms with Crippen molar-refractivity contribution in [3.8, 4) is 0 Å². The van der Waals surface area contributed by atoms with Gasteiger partial charge in [0.1, 0.15) is 0 Å². The van der Waals surface area contributed by atoms with Crippen LogP contribution in [0.5, 0.6) is 0 Å². The van der Waals surface area contributed by atoms with Crippen LogP contribution < -0.4 is 5.32 Å². The summed E-state index contributed by atoms with van der Waals surface area (Å²) in [6.07, 6.45) is -0.333. The highest BCUT2D eigenvalue weighted by Gasteiger charge is 2.25. The third-order valence-corrected chi connectivity index (χ3v) is 3.14. The van der Waals surface area contributed by atoms with Crippen LogP contribution in [-0.4, -0.2) is 42.3 Å². The molecule has 88 valence electrons. The van der Waals surface area contributed by atoms with Crippen molar-refractivity contribution in [3.05, 3.63) is 35.9 Å². The number of nitrogens with zero attached hydrogens (tertiary/aromatic N) is 1. The average molecular weight is 220 g/mol. The van der Waals surface area contributed by atoms with Gasteiger partial charge in [0.25, 0.3) is 0 Å². The Hall–Kier alpha value is -0.900. The molecule has 0 radical (unpaired) electrons. The number of piperazine rings is 1. The Morgan fingerprint density at radius 2 is 1.81 bits per heavy atom. The molecule has 1 saturated heterocycles. The predicted molar refractivity (Wildman–Crippen MR) is 65.3 cm³/mol. The Kier molecular flexibility index (Phi) is 3.93. The largest absolute Gasteiger partial charge is 0.391 e. The number of aliphatic hydroxyl groups excluding tert-OH is 1. The summed E-state index contributed by atoms with van der Waals surface area (Å²) in [7, 11) is 0. The van der Waals surface area contributed by atoms with E-state index < -0.39 is 0 Å². The molecule has 1 aliphatic heterocycles. The molecule has 1 heterocycles. The molecule has 1 aliphatic rings. The van der Waals surface area contributed by atoms with Crippen LogP contribution in [0.15, 0.2) is 30.3 Å². The van der Waals surface area contributed by atoms with Crippen LogP contribution in [0.4, 0.5) is 0 Å². The zero-order valence-electron chi connectivity index (χ0n) is 9.76. The lowest BCUT2D eigenvalue weighted by atomic mass is 10.00. The van der Waals surface area contributed by atoms with Gasteiger partial charge in [-0.05, 0) is 12.5 Å². The van der Waals surface area contributed by atoms with Crippen molar-refractivity contribution in [3.63, 3.8) is 0 Å². The molecule has 0 amide bonds. The zero-order chi connectivity index (χ0) is 11.4. The van der Waals surface area contributed by atoms with Crippen molar-refractivity contribution in [2.24, 2.45) is 0 Å². The van der Waals surface area contributed by atoms with Crippen LogP contribution in [0, 0.1) is 0 Å². The molecular formula is C13H20N2O. The molecular weight excluding hydrogens is 200 g/mol. The predicted octanol–water partition coefficient (Wildman–Crippen LogP) is 1.01. The minimum Gasteiger partial charge on any atom is -0.391 e. The van der Waals surface area contributed by atoms with E-state index in [0.717, 1.165) is 26.2 Å². The molecule has 1 unspecified atom stereocenters. The Balaban J connectivity index is 2.16. The lowest BCUT2D eigenvalue weighted by molar-refractivity contribution is 0.0525. The molecule has 2 atom stereocenters. The van der Waals surface area contributed by atoms with Gasteiger partial charge in [0.15, 0.2) is 0 Å². The number of aliphatic hydroxyl groups is 1. The smallest absolute Gasteiger partial charge is 0.0708 e. The Morgan fingerprint density at radius 1 is 1.19 bits per heavy atom. The topological polar surface area (TPSA) is 35.5 Å². The van der Waals surface area contributed by atoms with E-state index in [2.05, 4.69) is 22.3 Å². The monoisotopic (exact) mass is 220 g/mol. The lowest BCUT2D eigenvalue weighted by Crippen LogP contribution is -2.47. The highest BCUT2D eigenvalue weighted by molar-refractivity contribution is 5.20. The molecule has 2 rings (SSSR count). The van der Waals surface area contributed by atoms with Gasteiger partial charge in [0.2, 0.25) is 0 Å². The first-order valence-corrected chi connectivity index (χ1v) is 5.97. The minimum atomic E-state index is -0.333. The molecule has 16 heavy (non-hydrogen) atoms. The minimum absolute atomic E-state index is 0.128. The Bertz CT molecular complexity index is 307. The molecule has 1 aromatic rings. The molecule has 0 aliphatic carbocycles. The number of benzene rings is 1. The normalized spacial score (nSPS) is 21.6. The summed E-state index contributed by atoms with van der Waals surface area (Å²) >= 11 is 0. The lowest BCUT2D eigenvalue weighted by Gasteiger charge is -2.36.